The zero-order chi connectivity index (χ0) is 35.5. The van der Waals surface area contributed by atoms with Crippen molar-refractivity contribution in [3.05, 3.63) is 0 Å². The fourth-order valence-electron chi connectivity index (χ4n) is 4.14. The normalized spacial score (nSPS) is 19.6. The number of hydrogen-bond donors (Lipinski definition) is 9. The molecule has 10 N–H and O–H groups in total. The van der Waals surface area contributed by atoms with E-state index in [2.05, 4.69) is 36.9 Å². The molecule has 0 saturated carbocycles. The van der Waals surface area contributed by atoms with Gasteiger partial charge in [-0.2, -0.15) is 4.99 Å². The van der Waals surface area contributed by atoms with Crippen LogP contribution in [0, 0.1) is 0 Å². The Hall–Kier alpha value is -3.80. The molecule has 1 heterocycles. The number of carbonyl (C=O) groups is 8. The maximum Gasteiger partial charge on any atom is 0.243 e. The van der Waals surface area contributed by atoms with E-state index < -0.39 is 85.0 Å². The average molecular weight is 762 g/mol. The first-order valence-corrected chi connectivity index (χ1v) is 14.9. The van der Waals surface area contributed by atoms with Gasteiger partial charge in [0.15, 0.2) is 0 Å². The number of carbonyl (C=O) groups excluding carboxylic acids is 8. The van der Waals surface area contributed by atoms with E-state index in [1.165, 1.54) is 12.1 Å². The Morgan fingerprint density at radius 2 is 1.02 bits per heavy atom. The van der Waals surface area contributed by atoms with Crippen LogP contribution in [0.15, 0.2) is 0 Å². The molecule has 0 aliphatic carbocycles. The predicted octanol–water partition coefficient (Wildman–Crippen LogP) is -3.80. The summed E-state index contributed by atoms with van der Waals surface area (Å²) in [6.07, 6.45) is 0.00771. The summed E-state index contributed by atoms with van der Waals surface area (Å²) in [5, 5.41) is 44.7. The van der Waals surface area contributed by atoms with Crippen molar-refractivity contribution in [1.82, 2.24) is 47.1 Å². The topological polar surface area (TPSA) is 292 Å². The first kappa shape index (κ1) is 47.3. The van der Waals surface area contributed by atoms with Gasteiger partial charge in [0, 0.05) is 46.7 Å². The molecule has 1 aliphatic heterocycles. The van der Waals surface area contributed by atoms with Crippen LogP contribution in [0.2, 0.25) is 0 Å². The Bertz CT molecular complexity index is 1130. The summed E-state index contributed by atoms with van der Waals surface area (Å²) in [4.78, 5) is 103. The smallest absolute Gasteiger partial charge is 0.243 e. The largest absolute Gasteiger partial charge is 0.346 e. The first-order chi connectivity index (χ1) is 22.1. The molecule has 1 aliphatic rings. The zero-order valence-corrected chi connectivity index (χ0v) is 29.6. The molecule has 277 valence electrons. The molecule has 0 aromatic rings. The Balaban J connectivity index is 0. The molecular formula is C27H50GaN9O12+. The molecule has 8 amide bonds. The van der Waals surface area contributed by atoms with Gasteiger partial charge in [0.1, 0.15) is 18.1 Å². The Labute approximate surface area is 297 Å². The van der Waals surface area contributed by atoms with Crippen LogP contribution >= 0.6 is 0 Å². The van der Waals surface area contributed by atoms with E-state index in [-0.39, 0.29) is 85.4 Å². The van der Waals surface area contributed by atoms with Crippen LogP contribution in [0.4, 0.5) is 0 Å². The molecule has 0 unspecified atom stereocenters. The second-order valence-corrected chi connectivity index (χ2v) is 10.7. The molecule has 3 atom stereocenters. The minimum Gasteiger partial charge on any atom is -0.346 e. The van der Waals surface area contributed by atoms with Crippen LogP contribution in [0.3, 0.4) is 0 Å². The number of amides is 8. The van der Waals surface area contributed by atoms with Crippen molar-refractivity contribution in [2.45, 2.75) is 77.9 Å². The second kappa shape index (κ2) is 25.2. The average Bonchev–Trinajstić information content (AvgIpc) is 3.02. The summed E-state index contributed by atoms with van der Waals surface area (Å²) in [6.45, 7) is 0.342. The zero-order valence-electron chi connectivity index (χ0n) is 27.2. The first-order valence-electron chi connectivity index (χ1n) is 14.9. The van der Waals surface area contributed by atoms with Gasteiger partial charge >= 0.3 is 0 Å². The molecule has 3 radical (unpaired) electrons. The molecule has 1 fully saturated rings. The molecule has 0 aromatic heterocycles. The van der Waals surface area contributed by atoms with Crippen LogP contribution in [-0.4, -0.2) is 167 Å². The van der Waals surface area contributed by atoms with Crippen molar-refractivity contribution in [2.24, 2.45) is 0 Å². The van der Waals surface area contributed by atoms with Gasteiger partial charge in [0.25, 0.3) is 0 Å². The number of nitrogens with zero attached hydrogens (tertiary/aromatic N) is 3. The summed E-state index contributed by atoms with van der Waals surface area (Å²) in [6, 6.07) is -3.92. The summed E-state index contributed by atoms with van der Waals surface area (Å²) < 4.78 is 0. The monoisotopic (exact) mass is 761 g/mol. The quantitative estimate of drug-likeness (QED) is 0.0287. The number of hydroxylamine groups is 6. The maximum atomic E-state index is 13.5. The third-order valence-electron chi connectivity index (χ3n) is 6.81. The summed E-state index contributed by atoms with van der Waals surface area (Å²) in [5.74, 6) is -6.07. The Morgan fingerprint density at radius 3 is 1.45 bits per heavy atom. The van der Waals surface area contributed by atoms with Gasteiger partial charge in [0.2, 0.25) is 47.3 Å². The van der Waals surface area contributed by atoms with Crippen molar-refractivity contribution in [2.75, 3.05) is 46.3 Å². The molecule has 21 nitrogen and oxygen atoms in total. The molecule has 0 bridgehead atoms. The van der Waals surface area contributed by atoms with Gasteiger partial charge in [0.05, 0.1) is 33.2 Å². The fraction of sp³-hybridized carbons (Fsp3) is 0.704. The van der Waals surface area contributed by atoms with Crippen molar-refractivity contribution >= 4 is 67.0 Å². The number of nitrogens with one attached hydrogen (secondary N) is 6. The van der Waals surface area contributed by atoms with E-state index >= 15 is 0 Å². The van der Waals surface area contributed by atoms with Gasteiger partial charge in [-0.1, -0.05) is 7.43 Å². The minimum absolute atomic E-state index is 0. The second-order valence-electron chi connectivity index (χ2n) is 10.7. The van der Waals surface area contributed by atoms with E-state index in [4.69, 9.17) is 5.26 Å². The van der Waals surface area contributed by atoms with E-state index in [0.29, 0.717) is 10.1 Å². The van der Waals surface area contributed by atoms with E-state index in [0.717, 1.165) is 13.8 Å². The third-order valence-corrected chi connectivity index (χ3v) is 6.81. The van der Waals surface area contributed by atoms with Crippen LogP contribution < -0.4 is 31.9 Å². The van der Waals surface area contributed by atoms with Gasteiger partial charge in [-0.05, 0) is 43.6 Å². The van der Waals surface area contributed by atoms with Gasteiger partial charge < -0.3 is 31.9 Å². The predicted molar refractivity (Wildman–Crippen MR) is 170 cm³/mol. The van der Waals surface area contributed by atoms with Crippen LogP contribution in [0.5, 0.6) is 0 Å². The van der Waals surface area contributed by atoms with Crippen molar-refractivity contribution in [3.63, 3.8) is 0 Å². The number of hydrogen-bond acceptors (Lipinski definition) is 12. The van der Waals surface area contributed by atoms with Crippen LogP contribution in [0.25, 0.3) is 0 Å². The van der Waals surface area contributed by atoms with E-state index in [1.54, 1.807) is 0 Å². The molecule has 1 rings (SSSR count). The summed E-state index contributed by atoms with van der Waals surface area (Å²) >= 11 is 0. The SMILES string of the molecule is C.CC(=O)N(O)CCC[C@@H]1NC(=O)CNC(=O)CNC(=O)CNC(=O)[C@H](CCCN(C)[OH+]O)NC(=O)[C@H](CCCN(O)C(C)=O)NC1=O.[Ga]. The van der Waals surface area contributed by atoms with Crippen molar-refractivity contribution < 1.29 is 59.0 Å². The third kappa shape index (κ3) is 19.7. The molecule has 1 saturated heterocycles. The molecular weight excluding hydrogens is 712 g/mol. The number of rotatable bonds is 13. The molecule has 22 heteroatoms. The molecule has 0 aromatic carbocycles. The Morgan fingerprint density at radius 1 is 0.653 bits per heavy atom. The summed E-state index contributed by atoms with van der Waals surface area (Å²) in [5.41, 5.74) is 0. The van der Waals surface area contributed by atoms with Gasteiger partial charge in [-0.25, -0.2) is 10.1 Å². The van der Waals surface area contributed by atoms with E-state index in [9.17, 15) is 48.8 Å². The molecule has 49 heavy (non-hydrogen) atoms. The fourth-order valence-corrected chi connectivity index (χ4v) is 4.14. The Kier molecular flexibility index (Phi) is 24.3. The maximum absolute atomic E-state index is 13.5. The van der Waals surface area contributed by atoms with Crippen molar-refractivity contribution in [3.8, 4) is 0 Å². The molecule has 0 spiro atoms. The standard InChI is InChI=1S/C26H45N9O12.CH4.Ga/c1-16(36)34(44)11-5-8-19-25(42)32-20(9-6-12-35(45)17(2)37)26(43)31-18(7-4-10-33(3)47-46)24(41)29-14-22(39)27-13-21(38)28-15-23(40)30-19;;/h18-20,44-46H,4-15H2,1-3H3,(H,27,39)(H,28,38)(H,29,41)(H,30,40)(H,31,43)(H,32,42);1H4;/p+1/t18-,19-,20-;;/m0../s1. The van der Waals surface area contributed by atoms with Gasteiger partial charge in [-0.3, -0.25) is 48.8 Å². The van der Waals surface area contributed by atoms with Crippen LogP contribution in [0.1, 0.15) is 59.8 Å². The van der Waals surface area contributed by atoms with Crippen molar-refractivity contribution in [1.29, 1.82) is 0 Å². The van der Waals surface area contributed by atoms with E-state index in [1.807, 2.05) is 0 Å². The van der Waals surface area contributed by atoms with Gasteiger partial charge in [-0.15, -0.1) is 5.26 Å². The summed E-state index contributed by atoms with van der Waals surface area (Å²) in [7, 11) is 1.47. The minimum atomic E-state index is -1.36. The van der Waals surface area contributed by atoms with Crippen LogP contribution in [-0.2, 0) is 38.4 Å².